The number of nitrogens with two attached hydrogens (primary N) is 1. The van der Waals surface area contributed by atoms with Crippen LogP contribution in [0.2, 0.25) is 0 Å². The fourth-order valence-electron chi connectivity index (χ4n) is 8.17. The van der Waals surface area contributed by atoms with E-state index in [0.717, 1.165) is 32.1 Å². The smallest absolute Gasteiger partial charge is 0.457 e. The summed E-state index contributed by atoms with van der Waals surface area (Å²) in [5, 5.41) is 0. The third-order valence-corrected chi connectivity index (χ3v) is 13.2. The van der Waals surface area contributed by atoms with E-state index in [0.29, 0.717) is 13.0 Å². The van der Waals surface area contributed by atoms with E-state index in [4.69, 9.17) is 24.3 Å². The lowest BCUT2D eigenvalue weighted by Crippen LogP contribution is -2.28. The number of phosphoric acid groups is 1. The summed E-state index contributed by atoms with van der Waals surface area (Å²) in [7, 11) is -4.28. The van der Waals surface area contributed by atoms with Gasteiger partial charge in [0.2, 0.25) is 0 Å². The van der Waals surface area contributed by atoms with Crippen LogP contribution in [0.15, 0.2) is 12.2 Å². The van der Waals surface area contributed by atoms with E-state index in [9.17, 15) is 14.3 Å². The van der Waals surface area contributed by atoms with E-state index >= 15 is 0 Å². The molecule has 0 aromatic heterocycles. The van der Waals surface area contributed by atoms with Crippen molar-refractivity contribution in [3.05, 3.63) is 12.2 Å². The molecule has 0 rings (SSSR count). The van der Waals surface area contributed by atoms with E-state index < -0.39 is 13.9 Å². The van der Waals surface area contributed by atoms with E-state index in [1.807, 2.05) is 0 Å². The number of rotatable bonds is 53. The molecule has 62 heavy (non-hydrogen) atoms. The normalized spacial score (nSPS) is 13.3. The van der Waals surface area contributed by atoms with E-state index in [2.05, 4.69) is 26.0 Å². The number of carbonyl (C=O) groups excluding carboxylic acids is 1. The minimum atomic E-state index is -4.28. The monoisotopic (exact) mass is 900 g/mol. The van der Waals surface area contributed by atoms with Gasteiger partial charge < -0.3 is 20.1 Å². The molecule has 2 atom stereocenters. The zero-order valence-corrected chi connectivity index (χ0v) is 42.3. The van der Waals surface area contributed by atoms with Crippen LogP contribution in [-0.4, -0.2) is 49.9 Å². The Kier molecular flexibility index (Phi) is 50.6. The molecule has 0 fully saturated rings. The minimum Gasteiger partial charge on any atom is -0.457 e. The summed E-state index contributed by atoms with van der Waals surface area (Å²) in [5.74, 6) is -0.323. The molecule has 0 aliphatic heterocycles. The first-order valence-electron chi connectivity index (χ1n) is 27.2. The Balaban J connectivity index is 3.86. The molecule has 370 valence electrons. The van der Waals surface area contributed by atoms with E-state index in [1.165, 1.54) is 231 Å². The average molecular weight is 900 g/mol. The molecule has 8 nitrogen and oxygen atoms in total. The largest absolute Gasteiger partial charge is 0.472 e. The molecule has 0 heterocycles. The molecule has 0 aliphatic rings. The molecule has 3 N–H and O–H groups in total. The van der Waals surface area contributed by atoms with Gasteiger partial charge in [-0.05, 0) is 38.5 Å². The van der Waals surface area contributed by atoms with Crippen LogP contribution in [-0.2, 0) is 27.9 Å². The van der Waals surface area contributed by atoms with Crippen LogP contribution < -0.4 is 5.73 Å². The molecule has 0 aromatic carbocycles. The van der Waals surface area contributed by atoms with Gasteiger partial charge in [0.05, 0.1) is 19.8 Å². The number of carbonyl (C=O) groups is 1. The van der Waals surface area contributed by atoms with Crippen LogP contribution in [0.25, 0.3) is 0 Å². The quantitative estimate of drug-likeness (QED) is 0.0268. The van der Waals surface area contributed by atoms with Crippen molar-refractivity contribution in [2.45, 2.75) is 290 Å². The lowest BCUT2D eigenvalue weighted by atomic mass is 10.0. The Labute approximate surface area is 385 Å². The van der Waals surface area contributed by atoms with Crippen molar-refractivity contribution in [2.75, 3.05) is 33.0 Å². The van der Waals surface area contributed by atoms with Crippen molar-refractivity contribution in [3.63, 3.8) is 0 Å². The molecule has 0 spiro atoms. The lowest BCUT2D eigenvalue weighted by molar-refractivity contribution is -0.154. The van der Waals surface area contributed by atoms with E-state index in [1.54, 1.807) is 0 Å². The van der Waals surface area contributed by atoms with Crippen molar-refractivity contribution in [2.24, 2.45) is 5.73 Å². The van der Waals surface area contributed by atoms with Crippen molar-refractivity contribution in [1.29, 1.82) is 0 Å². The summed E-state index contributed by atoms with van der Waals surface area (Å²) >= 11 is 0. The first kappa shape index (κ1) is 61.2. The van der Waals surface area contributed by atoms with Gasteiger partial charge in [0.25, 0.3) is 0 Å². The summed E-state index contributed by atoms with van der Waals surface area (Å²) in [6.45, 7) is 4.99. The third kappa shape index (κ3) is 50.2. The van der Waals surface area contributed by atoms with Crippen LogP contribution in [0, 0.1) is 0 Å². The van der Waals surface area contributed by atoms with Crippen molar-refractivity contribution in [3.8, 4) is 0 Å². The molecular formula is C53H106NO7P. The van der Waals surface area contributed by atoms with Crippen molar-refractivity contribution >= 4 is 13.8 Å². The standard InChI is InChI=1S/C53H106NO7P/c1-3-5-7-9-11-13-15-17-19-21-23-24-25-26-27-28-30-32-34-36-38-40-42-44-46-53(55)61-52(51-60-62(56,57)59-49-47-54)50-58-48-45-43-41-39-37-35-33-31-29-22-20-18-16-14-12-10-8-6-4-2/h20,22,52H,3-19,21,23-51,54H2,1-2H3,(H,56,57)/b22-20-. The highest BCUT2D eigenvalue weighted by Gasteiger charge is 2.25. The Bertz CT molecular complexity index is 966. The molecule has 2 unspecified atom stereocenters. The van der Waals surface area contributed by atoms with E-state index in [-0.39, 0.29) is 32.3 Å². The van der Waals surface area contributed by atoms with Gasteiger partial charge in [-0.25, -0.2) is 4.57 Å². The predicted molar refractivity (Wildman–Crippen MR) is 266 cm³/mol. The van der Waals surface area contributed by atoms with Gasteiger partial charge >= 0.3 is 13.8 Å². The van der Waals surface area contributed by atoms with Crippen LogP contribution in [0.3, 0.4) is 0 Å². The van der Waals surface area contributed by atoms with Gasteiger partial charge in [-0.2, -0.15) is 0 Å². The maximum absolute atomic E-state index is 12.7. The Hall–Kier alpha value is -0.760. The third-order valence-electron chi connectivity index (χ3n) is 12.2. The fraction of sp³-hybridized carbons (Fsp3) is 0.943. The predicted octanol–water partition coefficient (Wildman–Crippen LogP) is 17.0. The zero-order valence-electron chi connectivity index (χ0n) is 41.4. The Morgan fingerprint density at radius 1 is 0.468 bits per heavy atom. The first-order valence-corrected chi connectivity index (χ1v) is 28.7. The zero-order chi connectivity index (χ0) is 45.1. The number of hydrogen-bond acceptors (Lipinski definition) is 7. The van der Waals surface area contributed by atoms with Gasteiger partial charge in [-0.1, -0.05) is 251 Å². The van der Waals surface area contributed by atoms with Gasteiger partial charge in [0, 0.05) is 19.6 Å². The molecule has 0 amide bonds. The molecule has 9 heteroatoms. The van der Waals surface area contributed by atoms with Crippen LogP contribution >= 0.6 is 7.82 Å². The first-order chi connectivity index (χ1) is 30.4. The maximum Gasteiger partial charge on any atom is 0.472 e. The molecule has 0 saturated carbocycles. The Morgan fingerprint density at radius 3 is 1.18 bits per heavy atom. The summed E-state index contributed by atoms with van der Waals surface area (Å²) in [6.07, 6.45) is 58.3. The van der Waals surface area contributed by atoms with Crippen molar-refractivity contribution < 1.29 is 32.8 Å². The number of unbranched alkanes of at least 4 members (excludes halogenated alkanes) is 38. The minimum absolute atomic E-state index is 0.0922. The highest BCUT2D eigenvalue weighted by molar-refractivity contribution is 7.47. The molecule has 0 saturated heterocycles. The van der Waals surface area contributed by atoms with Crippen molar-refractivity contribution in [1.82, 2.24) is 0 Å². The second-order valence-corrected chi connectivity index (χ2v) is 19.9. The SMILES string of the molecule is CCCCCCCCC/C=C\CCCCCCCCCCOCC(COP(=O)(O)OCCN)OC(=O)CCCCCCCCCCCCCCCCCCCCCCCCCC. The van der Waals surface area contributed by atoms with Gasteiger partial charge in [0.15, 0.2) is 0 Å². The number of hydrogen-bond donors (Lipinski definition) is 2. The second kappa shape index (κ2) is 51.2. The molecule has 0 radical (unpaired) electrons. The Morgan fingerprint density at radius 2 is 0.806 bits per heavy atom. The summed E-state index contributed by atoms with van der Waals surface area (Å²) in [6, 6.07) is 0. The summed E-state index contributed by atoms with van der Waals surface area (Å²) in [5.41, 5.74) is 5.39. The molecule has 0 bridgehead atoms. The number of phosphoric ester groups is 1. The van der Waals surface area contributed by atoms with Gasteiger partial charge in [-0.3, -0.25) is 13.8 Å². The highest BCUT2D eigenvalue weighted by atomic mass is 31.2. The summed E-state index contributed by atoms with van der Waals surface area (Å²) in [4.78, 5) is 22.6. The van der Waals surface area contributed by atoms with Gasteiger partial charge in [0.1, 0.15) is 6.10 Å². The summed E-state index contributed by atoms with van der Waals surface area (Å²) < 4.78 is 33.6. The number of ether oxygens (including phenoxy) is 2. The molecule has 0 aromatic rings. The second-order valence-electron chi connectivity index (χ2n) is 18.5. The van der Waals surface area contributed by atoms with Gasteiger partial charge in [-0.15, -0.1) is 0 Å². The topological polar surface area (TPSA) is 117 Å². The maximum atomic E-state index is 12.7. The molecule has 0 aliphatic carbocycles. The molecular weight excluding hydrogens is 794 g/mol. The number of allylic oxidation sites excluding steroid dienone is 2. The number of esters is 1. The van der Waals surface area contributed by atoms with Crippen LogP contribution in [0.1, 0.15) is 284 Å². The lowest BCUT2D eigenvalue weighted by Gasteiger charge is -2.20. The fourth-order valence-corrected chi connectivity index (χ4v) is 8.94. The highest BCUT2D eigenvalue weighted by Crippen LogP contribution is 2.43. The average Bonchev–Trinajstić information content (AvgIpc) is 3.26. The van der Waals surface area contributed by atoms with Crippen LogP contribution in [0.4, 0.5) is 0 Å². The van der Waals surface area contributed by atoms with Crippen LogP contribution in [0.5, 0.6) is 0 Å².